The van der Waals surface area contributed by atoms with Crippen LogP contribution in [0.5, 0.6) is 0 Å². The van der Waals surface area contributed by atoms with E-state index in [-0.39, 0.29) is 37.5 Å². The number of nitrogens with two attached hydrogens (primary N) is 2. The average Bonchev–Trinajstić information content (AvgIpc) is 2.56. The SMILES string of the molecule is NC(CCC(=O)N1CCN(C(=O)CCC(N)C(=O)O)CC1)C(=O)O. The summed E-state index contributed by atoms with van der Waals surface area (Å²) in [6.45, 7) is 1.44. The summed E-state index contributed by atoms with van der Waals surface area (Å²) in [6, 6.07) is -2.12. The monoisotopic (exact) mass is 344 g/mol. The maximum atomic E-state index is 12.0. The highest BCUT2D eigenvalue weighted by Gasteiger charge is 2.25. The second-order valence-electron chi connectivity index (χ2n) is 5.73. The smallest absolute Gasteiger partial charge is 0.320 e. The van der Waals surface area contributed by atoms with E-state index in [9.17, 15) is 19.2 Å². The van der Waals surface area contributed by atoms with Crippen molar-refractivity contribution in [3.05, 3.63) is 0 Å². The summed E-state index contributed by atoms with van der Waals surface area (Å²) >= 11 is 0. The molecule has 0 spiro atoms. The topological polar surface area (TPSA) is 167 Å². The Morgan fingerprint density at radius 3 is 1.29 bits per heavy atom. The summed E-state index contributed by atoms with van der Waals surface area (Å²) < 4.78 is 0. The molecule has 0 saturated carbocycles. The van der Waals surface area contributed by atoms with E-state index in [2.05, 4.69) is 0 Å². The fourth-order valence-corrected chi connectivity index (χ4v) is 2.33. The van der Waals surface area contributed by atoms with Crippen molar-refractivity contribution in [2.45, 2.75) is 37.8 Å². The van der Waals surface area contributed by atoms with Crippen LogP contribution in [0.4, 0.5) is 0 Å². The molecule has 6 N–H and O–H groups in total. The van der Waals surface area contributed by atoms with Crippen LogP contribution in [0, 0.1) is 0 Å². The van der Waals surface area contributed by atoms with Gasteiger partial charge in [0.15, 0.2) is 0 Å². The number of hydrogen-bond donors (Lipinski definition) is 4. The highest BCUT2D eigenvalue weighted by atomic mass is 16.4. The number of rotatable bonds is 8. The van der Waals surface area contributed by atoms with Crippen LogP contribution in [0.2, 0.25) is 0 Å². The first-order chi connectivity index (χ1) is 11.2. The van der Waals surface area contributed by atoms with E-state index in [0.29, 0.717) is 26.2 Å². The van der Waals surface area contributed by atoms with Gasteiger partial charge in [0.1, 0.15) is 12.1 Å². The lowest BCUT2D eigenvalue weighted by Crippen LogP contribution is -2.51. The van der Waals surface area contributed by atoms with Gasteiger partial charge in [0.05, 0.1) is 0 Å². The molecule has 2 atom stereocenters. The minimum Gasteiger partial charge on any atom is -0.480 e. The summed E-state index contributed by atoms with van der Waals surface area (Å²) in [4.78, 5) is 48.3. The van der Waals surface area contributed by atoms with Crippen LogP contribution in [0.1, 0.15) is 25.7 Å². The molecule has 0 aliphatic carbocycles. The summed E-state index contributed by atoms with van der Waals surface area (Å²) in [5.74, 6) is -2.66. The molecule has 24 heavy (non-hydrogen) atoms. The Kier molecular flexibility index (Phi) is 7.59. The number of hydrogen-bond acceptors (Lipinski definition) is 6. The first-order valence-corrected chi connectivity index (χ1v) is 7.74. The van der Waals surface area contributed by atoms with Gasteiger partial charge >= 0.3 is 11.9 Å². The van der Waals surface area contributed by atoms with Crippen LogP contribution >= 0.6 is 0 Å². The minimum absolute atomic E-state index is 0.0505. The molecule has 2 unspecified atom stereocenters. The summed E-state index contributed by atoms with van der Waals surface area (Å²) in [7, 11) is 0. The van der Waals surface area contributed by atoms with E-state index in [1.807, 2.05) is 0 Å². The Bertz CT molecular complexity index is 446. The van der Waals surface area contributed by atoms with Crippen molar-refractivity contribution in [1.29, 1.82) is 0 Å². The molecular weight excluding hydrogens is 320 g/mol. The lowest BCUT2D eigenvalue weighted by Gasteiger charge is -2.35. The highest BCUT2D eigenvalue weighted by Crippen LogP contribution is 2.09. The van der Waals surface area contributed by atoms with Crippen molar-refractivity contribution in [2.24, 2.45) is 11.5 Å². The Hall–Kier alpha value is -2.20. The van der Waals surface area contributed by atoms with Gasteiger partial charge in [-0.05, 0) is 12.8 Å². The minimum atomic E-state index is -1.14. The fourth-order valence-electron chi connectivity index (χ4n) is 2.33. The Morgan fingerprint density at radius 1 is 0.750 bits per heavy atom. The van der Waals surface area contributed by atoms with Gasteiger partial charge in [-0.3, -0.25) is 19.2 Å². The van der Waals surface area contributed by atoms with Crippen molar-refractivity contribution in [3.8, 4) is 0 Å². The van der Waals surface area contributed by atoms with Crippen molar-refractivity contribution < 1.29 is 29.4 Å². The zero-order chi connectivity index (χ0) is 18.3. The van der Waals surface area contributed by atoms with E-state index in [4.69, 9.17) is 21.7 Å². The highest BCUT2D eigenvalue weighted by molar-refractivity contribution is 5.80. The third-order valence-corrected chi connectivity index (χ3v) is 3.96. The Morgan fingerprint density at radius 2 is 1.04 bits per heavy atom. The van der Waals surface area contributed by atoms with Crippen LogP contribution in [0.15, 0.2) is 0 Å². The van der Waals surface area contributed by atoms with Gasteiger partial charge < -0.3 is 31.5 Å². The van der Waals surface area contributed by atoms with Crippen molar-refractivity contribution in [1.82, 2.24) is 9.80 Å². The summed E-state index contributed by atoms with van der Waals surface area (Å²) in [5.41, 5.74) is 10.7. The van der Waals surface area contributed by atoms with Crippen molar-refractivity contribution in [2.75, 3.05) is 26.2 Å². The number of carbonyl (C=O) groups excluding carboxylic acids is 2. The lowest BCUT2D eigenvalue weighted by atomic mass is 10.1. The number of piperazine rings is 1. The predicted molar refractivity (Wildman–Crippen MR) is 82.9 cm³/mol. The number of amides is 2. The molecule has 10 heteroatoms. The van der Waals surface area contributed by atoms with Gasteiger partial charge in [-0.1, -0.05) is 0 Å². The number of aliphatic carboxylic acids is 2. The Labute approximate surface area is 139 Å². The lowest BCUT2D eigenvalue weighted by molar-refractivity contribution is -0.142. The molecule has 1 saturated heterocycles. The molecule has 1 aliphatic rings. The van der Waals surface area contributed by atoms with Gasteiger partial charge in [-0.15, -0.1) is 0 Å². The maximum absolute atomic E-state index is 12.0. The Balaban J connectivity index is 2.32. The van der Waals surface area contributed by atoms with E-state index in [1.165, 1.54) is 0 Å². The van der Waals surface area contributed by atoms with E-state index in [1.54, 1.807) is 9.80 Å². The molecule has 10 nitrogen and oxygen atoms in total. The molecule has 0 radical (unpaired) electrons. The van der Waals surface area contributed by atoms with Gasteiger partial charge in [0, 0.05) is 39.0 Å². The molecule has 1 fully saturated rings. The van der Waals surface area contributed by atoms with E-state index >= 15 is 0 Å². The normalized spacial score (nSPS) is 17.2. The van der Waals surface area contributed by atoms with Gasteiger partial charge in [-0.2, -0.15) is 0 Å². The molecule has 1 rings (SSSR count). The zero-order valence-corrected chi connectivity index (χ0v) is 13.4. The van der Waals surface area contributed by atoms with E-state index in [0.717, 1.165) is 0 Å². The van der Waals surface area contributed by atoms with Gasteiger partial charge in [0.2, 0.25) is 11.8 Å². The van der Waals surface area contributed by atoms with Gasteiger partial charge in [-0.25, -0.2) is 0 Å². The molecule has 2 amide bonds. The summed E-state index contributed by atoms with van der Waals surface area (Å²) in [5, 5.41) is 17.4. The van der Waals surface area contributed by atoms with Gasteiger partial charge in [0.25, 0.3) is 0 Å². The number of carbonyl (C=O) groups is 4. The molecule has 0 aromatic heterocycles. The number of carboxylic acids is 2. The number of carboxylic acid groups (broad SMARTS) is 2. The molecule has 136 valence electrons. The quantitative estimate of drug-likeness (QED) is 0.393. The predicted octanol–water partition coefficient (Wildman–Crippen LogP) is -1.96. The maximum Gasteiger partial charge on any atom is 0.320 e. The molecule has 0 aromatic rings. The van der Waals surface area contributed by atoms with Crippen molar-refractivity contribution in [3.63, 3.8) is 0 Å². The second kappa shape index (κ2) is 9.18. The average molecular weight is 344 g/mol. The third kappa shape index (κ3) is 6.13. The molecule has 0 bridgehead atoms. The van der Waals surface area contributed by atoms with Crippen LogP contribution in [0.25, 0.3) is 0 Å². The third-order valence-electron chi connectivity index (χ3n) is 3.96. The second-order valence-corrected chi connectivity index (χ2v) is 5.73. The van der Waals surface area contributed by atoms with Crippen LogP contribution in [-0.4, -0.2) is 82.0 Å². The fraction of sp³-hybridized carbons (Fsp3) is 0.714. The molecular formula is C14H24N4O6. The van der Waals surface area contributed by atoms with Crippen LogP contribution in [-0.2, 0) is 19.2 Å². The first-order valence-electron chi connectivity index (χ1n) is 7.74. The van der Waals surface area contributed by atoms with Crippen molar-refractivity contribution >= 4 is 23.8 Å². The standard InChI is InChI=1S/C14H24N4O6/c15-9(13(21)22)1-3-11(19)17-5-7-18(8-6-17)12(20)4-2-10(16)14(23)24/h9-10H,1-8,15-16H2,(H,21,22)(H,23,24). The largest absolute Gasteiger partial charge is 0.480 e. The zero-order valence-electron chi connectivity index (χ0n) is 13.4. The first kappa shape index (κ1) is 19.8. The number of nitrogens with zero attached hydrogens (tertiary/aromatic N) is 2. The molecule has 1 aliphatic heterocycles. The van der Waals surface area contributed by atoms with Crippen LogP contribution < -0.4 is 11.5 Å². The molecule has 0 aromatic carbocycles. The molecule has 1 heterocycles. The van der Waals surface area contributed by atoms with Crippen LogP contribution in [0.3, 0.4) is 0 Å². The van der Waals surface area contributed by atoms with E-state index < -0.39 is 24.0 Å². The summed E-state index contributed by atoms with van der Waals surface area (Å²) in [6.07, 6.45) is 0.241.